The molecule has 1 fully saturated rings. The van der Waals surface area contributed by atoms with Crippen molar-refractivity contribution in [2.24, 2.45) is 5.92 Å². The summed E-state index contributed by atoms with van der Waals surface area (Å²) in [6.07, 6.45) is 0.848. The highest BCUT2D eigenvalue weighted by atomic mass is 32.2. The monoisotopic (exact) mass is 463 g/mol. The lowest BCUT2D eigenvalue weighted by atomic mass is 9.81. The van der Waals surface area contributed by atoms with E-state index in [4.69, 9.17) is 0 Å². The Hall–Kier alpha value is -3.23. The smallest absolute Gasteiger partial charge is 0.250 e. The molecule has 2 unspecified atom stereocenters. The van der Waals surface area contributed by atoms with E-state index < -0.39 is 10.0 Å². The molecule has 1 saturated heterocycles. The molecule has 0 aliphatic carbocycles. The number of hydrogen-bond donors (Lipinski definition) is 1. The van der Waals surface area contributed by atoms with Crippen molar-refractivity contribution in [3.63, 3.8) is 0 Å². The Bertz CT molecular complexity index is 1370. The van der Waals surface area contributed by atoms with Gasteiger partial charge in [-0.15, -0.1) is 0 Å². The van der Waals surface area contributed by atoms with Gasteiger partial charge in [0.25, 0.3) is 5.56 Å². The minimum Gasteiger partial charge on any atom is -0.326 e. The highest BCUT2D eigenvalue weighted by Crippen LogP contribution is 2.41. The van der Waals surface area contributed by atoms with Gasteiger partial charge in [0.15, 0.2) is 0 Å². The third kappa shape index (κ3) is 4.00. The van der Waals surface area contributed by atoms with E-state index >= 15 is 0 Å². The predicted octanol–water partition coefficient (Wildman–Crippen LogP) is 3.28. The summed E-state index contributed by atoms with van der Waals surface area (Å²) in [6, 6.07) is 19.4. The normalized spacial score (nSPS) is 20.2. The lowest BCUT2D eigenvalue weighted by Crippen LogP contribution is -2.49. The summed E-state index contributed by atoms with van der Waals surface area (Å²) in [6.45, 7) is 2.72. The maximum Gasteiger partial charge on any atom is 0.250 e. The minimum absolute atomic E-state index is 0.0577. The molecule has 0 saturated carbocycles. The van der Waals surface area contributed by atoms with Crippen LogP contribution in [0.1, 0.15) is 25.0 Å². The van der Waals surface area contributed by atoms with Crippen molar-refractivity contribution in [1.82, 2.24) is 8.87 Å². The third-order valence-corrected chi connectivity index (χ3v) is 8.30. The number of hydrogen-bond acceptors (Lipinski definition) is 4. The van der Waals surface area contributed by atoms with Crippen molar-refractivity contribution in [3.05, 3.63) is 82.8 Å². The fourth-order valence-electron chi connectivity index (χ4n) is 5.09. The zero-order chi connectivity index (χ0) is 23.2. The maximum atomic E-state index is 13.3. The van der Waals surface area contributed by atoms with Gasteiger partial charge in [-0.1, -0.05) is 30.3 Å². The topological polar surface area (TPSA) is 88.5 Å². The summed E-state index contributed by atoms with van der Waals surface area (Å²) in [5, 5.41) is 2.76. The van der Waals surface area contributed by atoms with E-state index in [1.807, 2.05) is 34.9 Å². The first-order chi connectivity index (χ1) is 15.8. The number of nitrogens with zero attached hydrogens (tertiary/aromatic N) is 2. The molecule has 2 aliphatic rings. The molecule has 1 aromatic heterocycles. The van der Waals surface area contributed by atoms with E-state index in [0.717, 1.165) is 23.2 Å². The zero-order valence-electron chi connectivity index (χ0n) is 18.3. The van der Waals surface area contributed by atoms with Gasteiger partial charge in [0.2, 0.25) is 15.9 Å². The lowest BCUT2D eigenvalue weighted by Gasteiger charge is -2.42. The van der Waals surface area contributed by atoms with Crippen LogP contribution in [0.3, 0.4) is 0 Å². The van der Waals surface area contributed by atoms with Crippen LogP contribution in [0.2, 0.25) is 0 Å². The first kappa shape index (κ1) is 21.6. The van der Waals surface area contributed by atoms with E-state index in [2.05, 4.69) is 5.32 Å². The molecule has 1 amide bonds. The van der Waals surface area contributed by atoms with Crippen molar-refractivity contribution in [2.75, 3.05) is 18.4 Å². The Morgan fingerprint density at radius 1 is 0.939 bits per heavy atom. The van der Waals surface area contributed by atoms with Gasteiger partial charge in [-0.3, -0.25) is 9.59 Å². The summed E-state index contributed by atoms with van der Waals surface area (Å²) in [7, 11) is -3.61. The number of nitrogens with one attached hydrogen (secondary N) is 1. The van der Waals surface area contributed by atoms with Crippen molar-refractivity contribution in [1.29, 1.82) is 0 Å². The fraction of sp³-hybridized carbons (Fsp3) is 0.280. The van der Waals surface area contributed by atoms with E-state index in [9.17, 15) is 18.0 Å². The van der Waals surface area contributed by atoms with Crippen LogP contribution >= 0.6 is 0 Å². The number of rotatable bonds is 4. The Balaban J connectivity index is 1.53. The molecule has 170 valence electrons. The lowest BCUT2D eigenvalue weighted by molar-refractivity contribution is -0.114. The summed E-state index contributed by atoms with van der Waals surface area (Å²) in [5.41, 5.74) is 3.38. The highest BCUT2D eigenvalue weighted by molar-refractivity contribution is 7.89. The average molecular weight is 464 g/mol. The Morgan fingerprint density at radius 3 is 2.36 bits per heavy atom. The van der Waals surface area contributed by atoms with E-state index in [0.29, 0.717) is 30.2 Å². The number of pyridine rings is 1. The Labute approximate surface area is 192 Å². The second-order valence-corrected chi connectivity index (χ2v) is 10.7. The van der Waals surface area contributed by atoms with Crippen molar-refractivity contribution < 1.29 is 13.2 Å². The van der Waals surface area contributed by atoms with Gasteiger partial charge in [0.05, 0.1) is 4.90 Å². The van der Waals surface area contributed by atoms with Gasteiger partial charge in [0.1, 0.15) is 0 Å². The van der Waals surface area contributed by atoms with Gasteiger partial charge in [-0.2, -0.15) is 4.31 Å². The molecular formula is C25H25N3O4S. The number of carbonyl (C=O) groups excluding carboxylic acids is 1. The van der Waals surface area contributed by atoms with E-state index in [1.165, 1.54) is 6.92 Å². The molecule has 3 heterocycles. The summed E-state index contributed by atoms with van der Waals surface area (Å²) in [5.74, 6) is -0.126. The number of benzene rings is 2. The number of fused-ring (bicyclic) bond motifs is 4. The van der Waals surface area contributed by atoms with Crippen LogP contribution in [-0.4, -0.2) is 36.3 Å². The zero-order valence-corrected chi connectivity index (χ0v) is 19.1. The molecule has 0 spiro atoms. The van der Waals surface area contributed by atoms with Crippen molar-refractivity contribution >= 4 is 21.6 Å². The van der Waals surface area contributed by atoms with E-state index in [-0.39, 0.29) is 23.3 Å². The molecule has 2 aromatic carbocycles. The second kappa shape index (κ2) is 8.28. The number of sulfonamides is 1. The first-order valence-electron chi connectivity index (χ1n) is 11.0. The van der Waals surface area contributed by atoms with Crippen LogP contribution in [-0.2, 0) is 21.4 Å². The Kier molecular flexibility index (Phi) is 5.42. The van der Waals surface area contributed by atoms with Crippen molar-refractivity contribution in [2.45, 2.75) is 30.7 Å². The molecular weight excluding hydrogens is 438 g/mol. The summed E-state index contributed by atoms with van der Waals surface area (Å²) in [4.78, 5) is 24.4. The molecule has 2 aliphatic heterocycles. The van der Waals surface area contributed by atoms with Crippen LogP contribution in [0, 0.1) is 5.92 Å². The molecule has 2 bridgehead atoms. The van der Waals surface area contributed by atoms with Gasteiger partial charge < -0.3 is 9.88 Å². The molecule has 7 nitrogen and oxygen atoms in total. The van der Waals surface area contributed by atoms with Gasteiger partial charge in [0, 0.05) is 55.5 Å². The largest absolute Gasteiger partial charge is 0.326 e. The SMILES string of the molecule is CC(=O)Nc1ccc(-c2ccc(=O)n3c2C2CC(CN(S(=O)(=O)c4ccccc4)C2)C3)cc1. The fourth-order valence-corrected chi connectivity index (χ4v) is 6.67. The van der Waals surface area contributed by atoms with Crippen LogP contribution in [0.25, 0.3) is 11.1 Å². The standard InChI is InChI=1S/C25H25N3O4S/c1-17(29)26-21-9-7-19(8-10-21)23-11-12-24(30)28-15-18-13-20(25(23)28)16-27(14-18)33(31,32)22-5-3-2-4-6-22/h2-12,18,20H,13-16H2,1H3,(H,26,29). The van der Waals surface area contributed by atoms with Gasteiger partial charge in [-0.25, -0.2) is 8.42 Å². The third-order valence-electron chi connectivity index (χ3n) is 6.45. The van der Waals surface area contributed by atoms with Crippen LogP contribution < -0.4 is 10.9 Å². The average Bonchev–Trinajstić information content (AvgIpc) is 2.80. The molecule has 0 radical (unpaired) electrons. The van der Waals surface area contributed by atoms with Gasteiger partial charge >= 0.3 is 0 Å². The Morgan fingerprint density at radius 2 is 1.67 bits per heavy atom. The molecule has 1 N–H and O–H groups in total. The number of amides is 1. The molecule has 2 atom stereocenters. The predicted molar refractivity (Wildman–Crippen MR) is 126 cm³/mol. The maximum absolute atomic E-state index is 13.3. The second-order valence-electron chi connectivity index (χ2n) is 8.77. The molecule has 3 aromatic rings. The summed E-state index contributed by atoms with van der Waals surface area (Å²) >= 11 is 0. The quantitative estimate of drug-likeness (QED) is 0.643. The minimum atomic E-state index is -3.61. The van der Waals surface area contributed by atoms with Gasteiger partial charge in [-0.05, 0) is 48.2 Å². The number of piperidine rings is 1. The molecule has 33 heavy (non-hydrogen) atoms. The number of carbonyl (C=O) groups is 1. The highest BCUT2D eigenvalue weighted by Gasteiger charge is 2.40. The van der Waals surface area contributed by atoms with Crippen LogP contribution in [0.5, 0.6) is 0 Å². The van der Waals surface area contributed by atoms with E-state index in [1.54, 1.807) is 40.7 Å². The molecule has 8 heteroatoms. The molecule has 5 rings (SSSR count). The summed E-state index contributed by atoms with van der Waals surface area (Å²) < 4.78 is 30.0. The van der Waals surface area contributed by atoms with Crippen LogP contribution in [0.4, 0.5) is 5.69 Å². The van der Waals surface area contributed by atoms with Crippen molar-refractivity contribution in [3.8, 4) is 11.1 Å². The number of aromatic nitrogens is 1. The van der Waals surface area contributed by atoms with Crippen LogP contribution in [0.15, 0.2) is 76.4 Å². The first-order valence-corrected chi connectivity index (χ1v) is 12.4. The number of anilines is 1.